The lowest BCUT2D eigenvalue weighted by Crippen LogP contribution is -2.16. The summed E-state index contributed by atoms with van der Waals surface area (Å²) in [6.07, 6.45) is 6.30. The molecule has 0 aromatic heterocycles. The summed E-state index contributed by atoms with van der Waals surface area (Å²) in [4.78, 5) is 0. The molecule has 1 fully saturated rings. The van der Waals surface area contributed by atoms with E-state index in [1.807, 2.05) is 0 Å². The van der Waals surface area contributed by atoms with Crippen molar-refractivity contribution >= 4 is 0 Å². The van der Waals surface area contributed by atoms with Gasteiger partial charge in [-0.2, -0.15) is 0 Å². The first-order chi connectivity index (χ1) is 6.50. The van der Waals surface area contributed by atoms with Gasteiger partial charge in [-0.05, 0) is 48.7 Å². The lowest BCUT2D eigenvalue weighted by atomic mass is 9.78. The molecular formula is C13H19F. The fourth-order valence-corrected chi connectivity index (χ4v) is 2.41. The zero-order valence-corrected chi connectivity index (χ0v) is 9.36. The number of hydrogen-bond acceptors (Lipinski definition) is 0. The van der Waals surface area contributed by atoms with Crippen LogP contribution in [-0.4, -0.2) is 0 Å². The second-order valence-corrected chi connectivity index (χ2v) is 5.52. The van der Waals surface area contributed by atoms with E-state index in [4.69, 9.17) is 0 Å². The minimum atomic E-state index is -0.0288. The number of rotatable bonds is 1. The van der Waals surface area contributed by atoms with Gasteiger partial charge in [0.05, 0.1) is 0 Å². The maximum atomic E-state index is 13.8. The molecule has 0 saturated heterocycles. The van der Waals surface area contributed by atoms with Crippen molar-refractivity contribution in [1.82, 2.24) is 0 Å². The first-order valence-electron chi connectivity index (χ1n) is 5.59. The second kappa shape index (κ2) is 3.22. The fourth-order valence-electron chi connectivity index (χ4n) is 2.41. The van der Waals surface area contributed by atoms with Crippen molar-refractivity contribution in [1.29, 1.82) is 0 Å². The summed E-state index contributed by atoms with van der Waals surface area (Å²) in [5.41, 5.74) is 2.39. The Morgan fingerprint density at radius 3 is 2.43 bits per heavy atom. The van der Waals surface area contributed by atoms with E-state index in [9.17, 15) is 4.39 Å². The van der Waals surface area contributed by atoms with Crippen molar-refractivity contribution in [3.8, 4) is 0 Å². The van der Waals surface area contributed by atoms with Gasteiger partial charge in [-0.3, -0.25) is 0 Å². The van der Waals surface area contributed by atoms with Crippen LogP contribution in [0.15, 0.2) is 23.0 Å². The SMILES string of the molecule is CC(C)(C)C1=C(C2CC2)CCC=C1F. The van der Waals surface area contributed by atoms with Crippen LogP contribution in [0.3, 0.4) is 0 Å². The van der Waals surface area contributed by atoms with Crippen molar-refractivity contribution in [2.45, 2.75) is 46.5 Å². The molecule has 1 heteroatoms. The molecule has 0 aromatic rings. The Morgan fingerprint density at radius 1 is 1.29 bits per heavy atom. The van der Waals surface area contributed by atoms with Crippen molar-refractivity contribution in [2.24, 2.45) is 11.3 Å². The molecule has 0 unspecified atom stereocenters. The molecule has 0 bridgehead atoms. The molecule has 14 heavy (non-hydrogen) atoms. The third kappa shape index (κ3) is 1.77. The maximum Gasteiger partial charge on any atom is 0.122 e. The quantitative estimate of drug-likeness (QED) is 0.581. The Balaban J connectivity index is 2.40. The van der Waals surface area contributed by atoms with Gasteiger partial charge in [-0.25, -0.2) is 4.39 Å². The van der Waals surface area contributed by atoms with Gasteiger partial charge in [0.15, 0.2) is 0 Å². The van der Waals surface area contributed by atoms with E-state index in [-0.39, 0.29) is 11.2 Å². The van der Waals surface area contributed by atoms with Crippen molar-refractivity contribution in [2.75, 3.05) is 0 Å². The van der Waals surface area contributed by atoms with Gasteiger partial charge < -0.3 is 0 Å². The van der Waals surface area contributed by atoms with E-state index >= 15 is 0 Å². The Labute approximate surface area is 85.9 Å². The predicted octanol–water partition coefficient (Wildman–Crippen LogP) is 4.39. The van der Waals surface area contributed by atoms with Gasteiger partial charge in [-0.15, -0.1) is 0 Å². The molecule has 78 valence electrons. The highest BCUT2D eigenvalue weighted by Crippen LogP contribution is 2.48. The highest BCUT2D eigenvalue weighted by atomic mass is 19.1. The van der Waals surface area contributed by atoms with Gasteiger partial charge in [-0.1, -0.05) is 26.3 Å². The minimum Gasteiger partial charge on any atom is -0.207 e. The monoisotopic (exact) mass is 194 g/mol. The topological polar surface area (TPSA) is 0 Å². The predicted molar refractivity (Wildman–Crippen MR) is 57.6 cm³/mol. The molecule has 2 aliphatic carbocycles. The number of halogens is 1. The van der Waals surface area contributed by atoms with Crippen LogP contribution >= 0.6 is 0 Å². The average molecular weight is 194 g/mol. The van der Waals surface area contributed by atoms with Crippen LogP contribution in [-0.2, 0) is 0 Å². The first kappa shape index (κ1) is 9.95. The Hall–Kier alpha value is -0.590. The molecule has 2 aliphatic rings. The second-order valence-electron chi connectivity index (χ2n) is 5.52. The Morgan fingerprint density at radius 2 is 1.93 bits per heavy atom. The molecule has 0 amide bonds. The smallest absolute Gasteiger partial charge is 0.122 e. The van der Waals surface area contributed by atoms with Crippen LogP contribution in [0, 0.1) is 11.3 Å². The van der Waals surface area contributed by atoms with Crippen LogP contribution in [0.25, 0.3) is 0 Å². The zero-order valence-electron chi connectivity index (χ0n) is 9.36. The van der Waals surface area contributed by atoms with Gasteiger partial charge in [0.25, 0.3) is 0 Å². The molecule has 0 radical (unpaired) electrons. The molecule has 0 heterocycles. The summed E-state index contributed by atoms with van der Waals surface area (Å²) in [5, 5.41) is 0. The average Bonchev–Trinajstić information content (AvgIpc) is 2.83. The lowest BCUT2D eigenvalue weighted by molar-refractivity contribution is 0.454. The van der Waals surface area contributed by atoms with Gasteiger partial charge in [0.1, 0.15) is 5.83 Å². The molecule has 0 aliphatic heterocycles. The Kier molecular flexibility index (Phi) is 2.29. The normalized spacial score (nSPS) is 23.9. The van der Waals surface area contributed by atoms with Gasteiger partial charge in [0.2, 0.25) is 0 Å². The molecule has 1 saturated carbocycles. The van der Waals surface area contributed by atoms with Crippen LogP contribution in [0.5, 0.6) is 0 Å². The van der Waals surface area contributed by atoms with E-state index in [0.717, 1.165) is 18.4 Å². The highest BCUT2D eigenvalue weighted by molar-refractivity contribution is 5.40. The van der Waals surface area contributed by atoms with Crippen LogP contribution in [0.2, 0.25) is 0 Å². The van der Waals surface area contributed by atoms with Crippen LogP contribution in [0.4, 0.5) is 4.39 Å². The molecule has 0 N–H and O–H groups in total. The summed E-state index contributed by atoms with van der Waals surface area (Å²) in [5.74, 6) is 0.759. The van der Waals surface area contributed by atoms with Gasteiger partial charge >= 0.3 is 0 Å². The third-order valence-electron chi connectivity index (χ3n) is 3.12. The molecule has 0 atom stereocenters. The van der Waals surface area contributed by atoms with Crippen molar-refractivity contribution in [3.63, 3.8) is 0 Å². The molecular weight excluding hydrogens is 175 g/mol. The van der Waals surface area contributed by atoms with E-state index in [0.29, 0.717) is 5.92 Å². The first-order valence-corrected chi connectivity index (χ1v) is 5.59. The van der Waals surface area contributed by atoms with E-state index < -0.39 is 0 Å². The summed E-state index contributed by atoms with van der Waals surface area (Å²) < 4.78 is 13.8. The summed E-state index contributed by atoms with van der Waals surface area (Å²) >= 11 is 0. The fraction of sp³-hybridized carbons (Fsp3) is 0.692. The minimum absolute atomic E-state index is 0.0288. The third-order valence-corrected chi connectivity index (χ3v) is 3.12. The largest absolute Gasteiger partial charge is 0.207 e. The Bertz CT molecular complexity index is 298. The van der Waals surface area contributed by atoms with E-state index in [1.165, 1.54) is 18.4 Å². The number of allylic oxidation sites excluding steroid dienone is 4. The van der Waals surface area contributed by atoms with Gasteiger partial charge in [0, 0.05) is 0 Å². The lowest BCUT2D eigenvalue weighted by Gasteiger charge is -2.28. The summed E-state index contributed by atoms with van der Waals surface area (Å²) in [6, 6.07) is 0. The van der Waals surface area contributed by atoms with Crippen molar-refractivity contribution in [3.05, 3.63) is 23.0 Å². The summed E-state index contributed by atoms with van der Waals surface area (Å²) in [6.45, 7) is 6.34. The summed E-state index contributed by atoms with van der Waals surface area (Å²) in [7, 11) is 0. The molecule has 0 aromatic carbocycles. The van der Waals surface area contributed by atoms with E-state index in [1.54, 1.807) is 6.08 Å². The van der Waals surface area contributed by atoms with Crippen molar-refractivity contribution < 1.29 is 4.39 Å². The van der Waals surface area contributed by atoms with E-state index in [2.05, 4.69) is 20.8 Å². The van der Waals surface area contributed by atoms with Crippen LogP contribution in [0.1, 0.15) is 46.5 Å². The standard InChI is InChI=1S/C13H19F/c1-13(2,3)12-10(9-7-8-9)5-4-6-11(12)14/h6,9H,4-5,7-8H2,1-3H3. The zero-order chi connectivity index (χ0) is 10.3. The number of hydrogen-bond donors (Lipinski definition) is 0. The molecule has 0 spiro atoms. The van der Waals surface area contributed by atoms with Crippen LogP contribution < -0.4 is 0 Å². The highest BCUT2D eigenvalue weighted by Gasteiger charge is 2.34. The molecule has 0 nitrogen and oxygen atoms in total. The molecule has 2 rings (SSSR count). The maximum absolute atomic E-state index is 13.8.